The number of hydrogen-bond donors (Lipinski definition) is 1. The number of rotatable bonds is 5. The highest BCUT2D eigenvalue weighted by Crippen LogP contribution is 2.24. The fourth-order valence-electron chi connectivity index (χ4n) is 2.89. The Labute approximate surface area is 168 Å². The van der Waals surface area contributed by atoms with Crippen molar-refractivity contribution in [1.82, 2.24) is 14.3 Å². The predicted octanol–water partition coefficient (Wildman–Crippen LogP) is 1.76. The molecule has 0 spiro atoms. The van der Waals surface area contributed by atoms with Gasteiger partial charge in [0.2, 0.25) is 15.7 Å². The molecule has 10 nitrogen and oxygen atoms in total. The molecule has 152 valence electrons. The molecular weight excluding hydrogens is 398 g/mol. The summed E-state index contributed by atoms with van der Waals surface area (Å²) in [5.41, 5.74) is 0.475. The summed E-state index contributed by atoms with van der Waals surface area (Å²) in [6.45, 7) is 0.488. The molecule has 2 heterocycles. The van der Waals surface area contributed by atoms with Crippen molar-refractivity contribution < 1.29 is 22.7 Å². The molecular formula is C18H19N5O5S. The lowest BCUT2D eigenvalue weighted by molar-refractivity contribution is 0.124. The molecule has 29 heavy (non-hydrogen) atoms. The minimum Gasteiger partial charge on any atom is -0.471 e. The number of aromatic nitrogens is 2. The summed E-state index contributed by atoms with van der Waals surface area (Å²) in [6.07, 6.45) is 2.96. The maximum Gasteiger partial charge on any atom is 0.411 e. The van der Waals surface area contributed by atoms with E-state index in [-0.39, 0.29) is 23.0 Å². The van der Waals surface area contributed by atoms with Crippen LogP contribution in [0.2, 0.25) is 0 Å². The van der Waals surface area contributed by atoms with Crippen LogP contribution in [0.3, 0.4) is 0 Å². The Bertz CT molecular complexity index is 1020. The molecule has 1 amide bonds. The lowest BCUT2D eigenvalue weighted by atomic mass is 10.1. The van der Waals surface area contributed by atoms with E-state index in [1.807, 2.05) is 6.07 Å². The summed E-state index contributed by atoms with van der Waals surface area (Å²) in [7, 11) is -2.51. The summed E-state index contributed by atoms with van der Waals surface area (Å²) in [5, 5.41) is 11.6. The third-order valence-electron chi connectivity index (χ3n) is 4.31. The van der Waals surface area contributed by atoms with Gasteiger partial charge in [0.25, 0.3) is 5.88 Å². The van der Waals surface area contributed by atoms with Crippen molar-refractivity contribution in [2.24, 2.45) is 0 Å². The number of nitrogens with zero attached hydrogens (tertiary/aromatic N) is 4. The van der Waals surface area contributed by atoms with Crippen LogP contribution in [0, 0.1) is 11.3 Å². The number of methoxy groups -OCH3 is 1. The Morgan fingerprint density at radius 3 is 2.69 bits per heavy atom. The predicted molar refractivity (Wildman–Crippen MR) is 102 cm³/mol. The van der Waals surface area contributed by atoms with Gasteiger partial charge < -0.3 is 9.47 Å². The van der Waals surface area contributed by atoms with Gasteiger partial charge in [-0.25, -0.2) is 23.2 Å². The Morgan fingerprint density at radius 2 is 2.00 bits per heavy atom. The number of benzene rings is 1. The smallest absolute Gasteiger partial charge is 0.411 e. The number of anilines is 1. The van der Waals surface area contributed by atoms with E-state index < -0.39 is 22.2 Å². The van der Waals surface area contributed by atoms with Gasteiger partial charge in [-0.3, -0.25) is 5.32 Å². The molecule has 1 aromatic carbocycles. The number of carbonyl (C=O) groups excluding carboxylic acids is 1. The zero-order valence-corrected chi connectivity index (χ0v) is 16.4. The summed E-state index contributed by atoms with van der Waals surface area (Å²) < 4.78 is 37.5. The average Bonchev–Trinajstić information content (AvgIpc) is 2.74. The topological polar surface area (TPSA) is 135 Å². The van der Waals surface area contributed by atoms with E-state index in [1.165, 1.54) is 48.1 Å². The second kappa shape index (κ2) is 8.85. The van der Waals surface area contributed by atoms with Crippen LogP contribution >= 0.6 is 0 Å². The monoisotopic (exact) mass is 417 g/mol. The standard InChI is InChI=1S/C18H19N5O5S/c1-27-18(24)22-13-4-6-15(7-5-13)29(25,26)23-10-2-3-14(12-23)28-17-16(11-19)20-8-9-21-17/h4-9,14H,2-3,10,12H2,1H3,(H,22,24). The maximum atomic E-state index is 13.0. The Balaban J connectivity index is 1.72. The van der Waals surface area contributed by atoms with Gasteiger partial charge in [-0.15, -0.1) is 0 Å². The van der Waals surface area contributed by atoms with Crippen LogP contribution in [-0.2, 0) is 14.8 Å². The van der Waals surface area contributed by atoms with Crippen LogP contribution < -0.4 is 10.1 Å². The molecule has 1 atom stereocenters. The first kappa shape index (κ1) is 20.5. The molecule has 0 saturated carbocycles. The molecule has 11 heteroatoms. The number of nitriles is 1. The highest BCUT2D eigenvalue weighted by molar-refractivity contribution is 7.89. The highest BCUT2D eigenvalue weighted by atomic mass is 32.2. The van der Waals surface area contributed by atoms with E-state index in [1.54, 1.807) is 0 Å². The van der Waals surface area contributed by atoms with Crippen LogP contribution in [-0.4, -0.2) is 55.1 Å². The zero-order chi connectivity index (χ0) is 20.9. The first-order valence-corrected chi connectivity index (χ1v) is 10.2. The van der Waals surface area contributed by atoms with Crippen molar-refractivity contribution >= 4 is 21.8 Å². The Hall–Kier alpha value is -3.23. The summed E-state index contributed by atoms with van der Waals surface area (Å²) in [4.78, 5) is 19.2. The van der Waals surface area contributed by atoms with Crippen molar-refractivity contribution in [2.45, 2.75) is 23.8 Å². The number of hydrogen-bond acceptors (Lipinski definition) is 8. The first-order valence-electron chi connectivity index (χ1n) is 8.77. The lowest BCUT2D eigenvalue weighted by Gasteiger charge is -2.31. The number of sulfonamides is 1. The van der Waals surface area contributed by atoms with E-state index in [0.717, 1.165) is 0 Å². The molecule has 0 bridgehead atoms. The summed E-state index contributed by atoms with van der Waals surface area (Å²) in [5.74, 6) is 0.0949. The average molecular weight is 417 g/mol. The van der Waals surface area contributed by atoms with E-state index in [0.29, 0.717) is 25.1 Å². The number of piperidine rings is 1. The summed E-state index contributed by atoms with van der Waals surface area (Å²) >= 11 is 0. The number of nitrogens with one attached hydrogen (secondary N) is 1. The van der Waals surface area contributed by atoms with Gasteiger partial charge >= 0.3 is 6.09 Å². The molecule has 1 aromatic heterocycles. The van der Waals surface area contributed by atoms with Gasteiger partial charge in [0.15, 0.2) is 0 Å². The molecule has 0 radical (unpaired) electrons. The molecule has 0 aliphatic carbocycles. The van der Waals surface area contributed by atoms with Crippen LogP contribution in [0.15, 0.2) is 41.6 Å². The van der Waals surface area contributed by atoms with Crippen LogP contribution in [0.25, 0.3) is 0 Å². The highest BCUT2D eigenvalue weighted by Gasteiger charge is 2.31. The van der Waals surface area contributed by atoms with Crippen LogP contribution in [0.1, 0.15) is 18.5 Å². The van der Waals surface area contributed by atoms with Gasteiger partial charge in [-0.05, 0) is 37.1 Å². The molecule has 1 fully saturated rings. The molecule has 1 unspecified atom stereocenters. The van der Waals surface area contributed by atoms with E-state index in [4.69, 9.17) is 10.00 Å². The first-order chi connectivity index (χ1) is 13.9. The quantitative estimate of drug-likeness (QED) is 0.777. The Kier molecular flexibility index (Phi) is 6.26. The molecule has 1 saturated heterocycles. The largest absolute Gasteiger partial charge is 0.471 e. The third kappa shape index (κ3) is 4.79. The lowest BCUT2D eigenvalue weighted by Crippen LogP contribution is -2.44. The second-order valence-electron chi connectivity index (χ2n) is 6.21. The van der Waals surface area contributed by atoms with Gasteiger partial charge in [-0.2, -0.15) is 9.57 Å². The minimum atomic E-state index is -3.75. The van der Waals surface area contributed by atoms with Crippen molar-refractivity contribution in [2.75, 3.05) is 25.5 Å². The fraction of sp³-hybridized carbons (Fsp3) is 0.333. The summed E-state index contributed by atoms with van der Waals surface area (Å²) in [6, 6.07) is 7.72. The number of carbonyl (C=O) groups is 1. The van der Waals surface area contributed by atoms with Crippen molar-refractivity contribution in [1.29, 1.82) is 5.26 Å². The van der Waals surface area contributed by atoms with Crippen molar-refractivity contribution in [3.63, 3.8) is 0 Å². The number of ether oxygens (including phenoxy) is 2. The molecule has 1 aliphatic heterocycles. The van der Waals surface area contributed by atoms with E-state index in [9.17, 15) is 13.2 Å². The van der Waals surface area contributed by atoms with Gasteiger partial charge in [0, 0.05) is 24.6 Å². The van der Waals surface area contributed by atoms with Crippen LogP contribution in [0.5, 0.6) is 5.88 Å². The van der Waals surface area contributed by atoms with E-state index >= 15 is 0 Å². The molecule has 2 aromatic rings. The second-order valence-corrected chi connectivity index (χ2v) is 8.15. The SMILES string of the molecule is COC(=O)Nc1ccc(S(=O)(=O)N2CCCC(Oc3nccnc3C#N)C2)cc1. The molecule has 3 rings (SSSR count). The number of amides is 1. The minimum absolute atomic E-state index is 0.0566. The van der Waals surface area contributed by atoms with Gasteiger partial charge in [0.1, 0.15) is 12.2 Å². The van der Waals surface area contributed by atoms with Gasteiger partial charge in [0.05, 0.1) is 18.6 Å². The van der Waals surface area contributed by atoms with Crippen LogP contribution in [0.4, 0.5) is 10.5 Å². The fourth-order valence-corrected chi connectivity index (χ4v) is 4.40. The Morgan fingerprint density at radius 1 is 1.28 bits per heavy atom. The zero-order valence-electron chi connectivity index (χ0n) is 15.6. The normalized spacial score (nSPS) is 17.2. The van der Waals surface area contributed by atoms with Gasteiger partial charge in [-0.1, -0.05) is 0 Å². The maximum absolute atomic E-state index is 13.0. The third-order valence-corrected chi connectivity index (χ3v) is 6.19. The van der Waals surface area contributed by atoms with Crippen molar-refractivity contribution in [3.8, 4) is 11.9 Å². The molecule has 1 aliphatic rings. The van der Waals surface area contributed by atoms with E-state index in [2.05, 4.69) is 20.0 Å². The molecule has 1 N–H and O–H groups in total. The van der Waals surface area contributed by atoms with Crippen molar-refractivity contribution in [3.05, 3.63) is 42.4 Å².